The summed E-state index contributed by atoms with van der Waals surface area (Å²) in [5.74, 6) is -1.31. The summed E-state index contributed by atoms with van der Waals surface area (Å²) >= 11 is 0. The largest absolute Gasteiger partial charge is 0.371 e. The number of anilines is 1. The molecule has 0 aromatic carbocycles. The van der Waals surface area contributed by atoms with E-state index in [-0.39, 0.29) is 5.82 Å². The number of halogens is 2. The average Bonchev–Trinajstić information content (AvgIpc) is 1.94. The first kappa shape index (κ1) is 6.92. The van der Waals surface area contributed by atoms with Crippen molar-refractivity contribution in [3.63, 3.8) is 0 Å². The summed E-state index contributed by atoms with van der Waals surface area (Å²) in [4.78, 5) is 3.24. The number of rotatable bonds is 1. The van der Waals surface area contributed by atoms with E-state index >= 15 is 0 Å². The topological polar surface area (TPSA) is 24.9 Å². The molecule has 0 spiro atoms. The Kier molecular flexibility index (Phi) is 1.80. The second-order valence-corrected chi connectivity index (χ2v) is 1.71. The van der Waals surface area contributed by atoms with Crippen molar-refractivity contribution < 1.29 is 8.78 Å². The molecule has 0 atom stereocenters. The number of hydrogen-bond acceptors (Lipinski definition) is 2. The van der Waals surface area contributed by atoms with E-state index in [0.29, 0.717) is 0 Å². The molecular weight excluding hydrogens is 138 g/mol. The first-order valence-electron chi connectivity index (χ1n) is 2.74. The van der Waals surface area contributed by atoms with E-state index in [4.69, 9.17) is 0 Å². The molecule has 0 unspecified atom stereocenters. The van der Waals surface area contributed by atoms with Crippen LogP contribution in [0.4, 0.5) is 14.6 Å². The van der Waals surface area contributed by atoms with Crippen LogP contribution in [0.1, 0.15) is 0 Å². The monoisotopic (exact) mass is 144 g/mol. The smallest absolute Gasteiger partial charge is 0.214 e. The van der Waals surface area contributed by atoms with Crippen LogP contribution < -0.4 is 5.32 Å². The van der Waals surface area contributed by atoms with Gasteiger partial charge in [-0.25, -0.2) is 4.39 Å². The molecule has 0 saturated carbocycles. The lowest BCUT2D eigenvalue weighted by Gasteiger charge is -1.98. The van der Waals surface area contributed by atoms with Crippen molar-refractivity contribution in [2.75, 3.05) is 12.4 Å². The van der Waals surface area contributed by atoms with Crippen LogP contribution in [0.15, 0.2) is 12.1 Å². The maximum Gasteiger partial charge on any atom is 0.214 e. The quantitative estimate of drug-likeness (QED) is 0.602. The summed E-state index contributed by atoms with van der Waals surface area (Å²) in [5, 5.41) is 2.41. The first-order valence-corrected chi connectivity index (χ1v) is 2.74. The van der Waals surface area contributed by atoms with Crippen molar-refractivity contribution in [2.45, 2.75) is 0 Å². The van der Waals surface area contributed by atoms with Gasteiger partial charge >= 0.3 is 0 Å². The molecule has 1 rings (SSSR count). The molecule has 10 heavy (non-hydrogen) atoms. The Hall–Kier alpha value is -1.19. The van der Waals surface area contributed by atoms with Crippen molar-refractivity contribution in [1.29, 1.82) is 0 Å². The number of nitrogens with one attached hydrogen (secondary N) is 1. The lowest BCUT2D eigenvalue weighted by Crippen LogP contribution is -1.97. The summed E-state index contributed by atoms with van der Waals surface area (Å²) in [6.45, 7) is 0. The summed E-state index contributed by atoms with van der Waals surface area (Å²) in [7, 11) is 1.48. The van der Waals surface area contributed by atoms with Crippen LogP contribution in [0.5, 0.6) is 0 Å². The average molecular weight is 144 g/mol. The number of pyridine rings is 1. The van der Waals surface area contributed by atoms with Crippen molar-refractivity contribution in [3.8, 4) is 0 Å². The van der Waals surface area contributed by atoms with Crippen molar-refractivity contribution >= 4 is 5.82 Å². The summed E-state index contributed by atoms with van der Waals surface area (Å²) in [5.41, 5.74) is 0. The fraction of sp³-hybridized carbons (Fsp3) is 0.167. The molecule has 0 aliphatic carbocycles. The number of aromatic nitrogens is 1. The zero-order chi connectivity index (χ0) is 7.56. The lowest BCUT2D eigenvalue weighted by molar-refractivity contribution is 0.564. The zero-order valence-corrected chi connectivity index (χ0v) is 5.36. The van der Waals surface area contributed by atoms with E-state index in [1.54, 1.807) is 0 Å². The highest BCUT2D eigenvalue weighted by atomic mass is 19.1. The molecule has 2 nitrogen and oxygen atoms in total. The van der Waals surface area contributed by atoms with Crippen LogP contribution in [0, 0.1) is 11.8 Å². The van der Waals surface area contributed by atoms with Gasteiger partial charge in [0, 0.05) is 7.05 Å². The zero-order valence-electron chi connectivity index (χ0n) is 5.36. The third-order valence-corrected chi connectivity index (χ3v) is 1.05. The van der Waals surface area contributed by atoms with Crippen LogP contribution >= 0.6 is 0 Å². The Morgan fingerprint density at radius 3 is 2.60 bits per heavy atom. The summed E-state index contributed by atoms with van der Waals surface area (Å²) in [6, 6.07) is 1.99. The van der Waals surface area contributed by atoms with Gasteiger partial charge < -0.3 is 5.32 Å². The minimum atomic E-state index is -0.689. The Bertz CT molecular complexity index is 237. The Balaban J connectivity index is 3.09. The number of hydrogen-bond donors (Lipinski definition) is 1. The molecule has 1 heterocycles. The van der Waals surface area contributed by atoms with Gasteiger partial charge in [0.25, 0.3) is 0 Å². The maximum atomic E-state index is 12.5. The van der Waals surface area contributed by atoms with E-state index in [1.165, 1.54) is 7.05 Å². The van der Waals surface area contributed by atoms with Gasteiger partial charge in [0.15, 0.2) is 11.6 Å². The van der Waals surface area contributed by atoms with Gasteiger partial charge in [0.05, 0.1) is 0 Å². The molecule has 1 N–H and O–H groups in total. The van der Waals surface area contributed by atoms with Crippen molar-refractivity contribution in [1.82, 2.24) is 4.98 Å². The standard InChI is InChI=1S/C6H6F2N2/c1-9-6-4(7)2-3-5(8)10-6/h2-3H,1H3,(H,9,10). The molecule has 0 aliphatic heterocycles. The van der Waals surface area contributed by atoms with Gasteiger partial charge in [-0.1, -0.05) is 0 Å². The lowest BCUT2D eigenvalue weighted by atomic mass is 10.4. The molecule has 0 saturated heterocycles. The van der Waals surface area contributed by atoms with E-state index in [2.05, 4.69) is 10.3 Å². The van der Waals surface area contributed by atoms with Gasteiger partial charge in [-0.3, -0.25) is 0 Å². The number of nitrogens with zero attached hydrogens (tertiary/aromatic N) is 1. The highest BCUT2D eigenvalue weighted by Gasteiger charge is 2.00. The highest BCUT2D eigenvalue weighted by Crippen LogP contribution is 2.08. The van der Waals surface area contributed by atoms with Gasteiger partial charge in [-0.05, 0) is 12.1 Å². The third-order valence-electron chi connectivity index (χ3n) is 1.05. The second-order valence-electron chi connectivity index (χ2n) is 1.71. The van der Waals surface area contributed by atoms with Gasteiger partial charge in [0.1, 0.15) is 0 Å². The normalized spacial score (nSPS) is 9.50. The van der Waals surface area contributed by atoms with E-state index in [9.17, 15) is 8.78 Å². The highest BCUT2D eigenvalue weighted by molar-refractivity contribution is 5.34. The first-order chi connectivity index (χ1) is 4.74. The third kappa shape index (κ3) is 1.21. The molecular formula is C6H6F2N2. The molecule has 0 amide bonds. The molecule has 4 heteroatoms. The van der Waals surface area contributed by atoms with Crippen LogP contribution in [0.2, 0.25) is 0 Å². The molecule has 0 bridgehead atoms. The molecule has 1 aromatic rings. The van der Waals surface area contributed by atoms with Crippen LogP contribution in [-0.4, -0.2) is 12.0 Å². The Morgan fingerprint density at radius 1 is 1.40 bits per heavy atom. The summed E-state index contributed by atoms with van der Waals surface area (Å²) < 4.78 is 24.7. The Morgan fingerprint density at radius 2 is 2.10 bits per heavy atom. The van der Waals surface area contributed by atoms with E-state index in [0.717, 1.165) is 12.1 Å². The van der Waals surface area contributed by atoms with Crippen LogP contribution in [-0.2, 0) is 0 Å². The van der Waals surface area contributed by atoms with Crippen LogP contribution in [0.3, 0.4) is 0 Å². The van der Waals surface area contributed by atoms with Gasteiger partial charge in [-0.2, -0.15) is 9.37 Å². The van der Waals surface area contributed by atoms with Gasteiger partial charge in [0.2, 0.25) is 5.95 Å². The van der Waals surface area contributed by atoms with Crippen molar-refractivity contribution in [2.24, 2.45) is 0 Å². The van der Waals surface area contributed by atoms with E-state index < -0.39 is 11.8 Å². The molecule has 0 aliphatic rings. The van der Waals surface area contributed by atoms with E-state index in [1.807, 2.05) is 0 Å². The minimum absolute atomic E-state index is 0.0694. The molecule has 1 aromatic heterocycles. The SMILES string of the molecule is CNc1nc(F)ccc1F. The molecule has 0 radical (unpaired) electrons. The predicted octanol–water partition coefficient (Wildman–Crippen LogP) is 1.40. The molecule has 54 valence electrons. The van der Waals surface area contributed by atoms with Gasteiger partial charge in [-0.15, -0.1) is 0 Å². The maximum absolute atomic E-state index is 12.5. The fourth-order valence-electron chi connectivity index (χ4n) is 0.594. The predicted molar refractivity (Wildman–Crippen MR) is 33.7 cm³/mol. The van der Waals surface area contributed by atoms with Crippen LogP contribution in [0.25, 0.3) is 0 Å². The van der Waals surface area contributed by atoms with Crippen molar-refractivity contribution in [3.05, 3.63) is 23.9 Å². The fourth-order valence-corrected chi connectivity index (χ4v) is 0.594. The summed E-state index contributed by atoms with van der Waals surface area (Å²) in [6.07, 6.45) is 0. The molecule has 0 fully saturated rings. The second kappa shape index (κ2) is 2.60. The Labute approximate surface area is 56.9 Å². The minimum Gasteiger partial charge on any atom is -0.371 e.